The van der Waals surface area contributed by atoms with Crippen LogP contribution in [0, 0.1) is 0 Å². The van der Waals surface area contributed by atoms with Crippen LogP contribution in [0.3, 0.4) is 0 Å². The third-order valence-electron chi connectivity index (χ3n) is 3.01. The molecule has 0 fully saturated rings. The minimum atomic E-state index is -0.304. The van der Waals surface area contributed by atoms with Crippen molar-refractivity contribution >= 4 is 23.0 Å². The van der Waals surface area contributed by atoms with Crippen LogP contribution in [0.4, 0.5) is 5.95 Å². The fraction of sp³-hybridized carbons (Fsp3) is 0.467. The third-order valence-corrected chi connectivity index (χ3v) is 3.01. The zero-order valence-corrected chi connectivity index (χ0v) is 12.6. The first-order valence-electron chi connectivity index (χ1n) is 7.03. The monoisotopic (exact) mass is 291 g/mol. The Labute approximate surface area is 124 Å². The molecule has 6 nitrogen and oxygen atoms in total. The molecule has 1 aromatic carbocycles. The van der Waals surface area contributed by atoms with Gasteiger partial charge in [-0.05, 0) is 26.0 Å². The van der Waals surface area contributed by atoms with Crippen LogP contribution >= 0.6 is 0 Å². The van der Waals surface area contributed by atoms with Gasteiger partial charge in [-0.1, -0.05) is 12.1 Å². The molecule has 0 aliphatic rings. The Bertz CT molecular complexity index is 609. The molecule has 6 heteroatoms. The zero-order chi connectivity index (χ0) is 15.2. The topological polar surface area (TPSA) is 65.4 Å². The Morgan fingerprint density at radius 2 is 2.19 bits per heavy atom. The first-order chi connectivity index (χ1) is 10.2. The number of fused-ring (bicyclic) bond motifs is 1. The molecular weight excluding hydrogens is 270 g/mol. The third kappa shape index (κ3) is 3.72. The Balaban J connectivity index is 2.19. The highest BCUT2D eigenvalue weighted by Crippen LogP contribution is 2.19. The summed E-state index contributed by atoms with van der Waals surface area (Å²) in [5.74, 6) is 0.372. The van der Waals surface area contributed by atoms with E-state index in [1.807, 2.05) is 35.8 Å². The maximum absolute atomic E-state index is 12.0. The molecule has 2 rings (SSSR count). The van der Waals surface area contributed by atoms with Gasteiger partial charge in [0.1, 0.15) is 12.6 Å². The molecule has 1 atom stereocenters. The standard InChI is InChI=1S/C15H21N3O3/c1-4-16-15-17-12-7-5-6-8-13(12)18(15)9-14(19)21-11(2)10-20-3/h5-8,11H,4,9-10H2,1-3H3,(H,16,17). The summed E-state index contributed by atoms with van der Waals surface area (Å²) in [6, 6.07) is 7.71. The predicted molar refractivity (Wildman–Crippen MR) is 81.3 cm³/mol. The number of hydrogen-bond donors (Lipinski definition) is 1. The summed E-state index contributed by atoms with van der Waals surface area (Å²) in [6.07, 6.45) is -0.264. The lowest BCUT2D eigenvalue weighted by Gasteiger charge is -2.14. The summed E-state index contributed by atoms with van der Waals surface area (Å²) in [4.78, 5) is 16.5. The lowest BCUT2D eigenvalue weighted by atomic mass is 10.3. The summed E-state index contributed by atoms with van der Waals surface area (Å²) >= 11 is 0. The molecule has 2 aromatic rings. The number of para-hydroxylation sites is 2. The molecule has 1 unspecified atom stereocenters. The smallest absolute Gasteiger partial charge is 0.326 e. The molecule has 0 aliphatic heterocycles. The molecular formula is C15H21N3O3. The number of nitrogens with one attached hydrogen (secondary N) is 1. The van der Waals surface area contributed by atoms with Crippen LogP contribution in [0.15, 0.2) is 24.3 Å². The van der Waals surface area contributed by atoms with Gasteiger partial charge < -0.3 is 14.8 Å². The molecule has 21 heavy (non-hydrogen) atoms. The first kappa shape index (κ1) is 15.3. The van der Waals surface area contributed by atoms with Crippen LogP contribution in [0.2, 0.25) is 0 Å². The van der Waals surface area contributed by atoms with Gasteiger partial charge in [0.25, 0.3) is 0 Å². The quantitative estimate of drug-likeness (QED) is 0.791. The van der Waals surface area contributed by atoms with Crippen molar-refractivity contribution in [3.05, 3.63) is 24.3 Å². The van der Waals surface area contributed by atoms with Crippen LogP contribution in [0.5, 0.6) is 0 Å². The highest BCUT2D eigenvalue weighted by atomic mass is 16.6. The number of ether oxygens (including phenoxy) is 2. The van der Waals surface area contributed by atoms with E-state index in [1.54, 1.807) is 14.0 Å². The van der Waals surface area contributed by atoms with Crippen molar-refractivity contribution in [1.29, 1.82) is 0 Å². The highest BCUT2D eigenvalue weighted by Gasteiger charge is 2.15. The van der Waals surface area contributed by atoms with E-state index in [1.165, 1.54) is 0 Å². The number of anilines is 1. The van der Waals surface area contributed by atoms with Crippen LogP contribution in [-0.4, -0.2) is 41.9 Å². The summed E-state index contributed by atoms with van der Waals surface area (Å²) in [5.41, 5.74) is 1.76. The van der Waals surface area contributed by atoms with Crippen molar-refractivity contribution in [2.75, 3.05) is 25.6 Å². The van der Waals surface area contributed by atoms with Gasteiger partial charge >= 0.3 is 5.97 Å². The lowest BCUT2D eigenvalue weighted by Crippen LogP contribution is -2.23. The van der Waals surface area contributed by atoms with Gasteiger partial charge in [-0.15, -0.1) is 0 Å². The van der Waals surface area contributed by atoms with Gasteiger partial charge in [0.15, 0.2) is 0 Å². The molecule has 0 saturated carbocycles. The summed E-state index contributed by atoms with van der Waals surface area (Å²) in [5, 5.41) is 3.17. The number of rotatable bonds is 7. The molecule has 0 spiro atoms. The van der Waals surface area contributed by atoms with E-state index in [-0.39, 0.29) is 18.6 Å². The first-order valence-corrected chi connectivity index (χ1v) is 7.03. The lowest BCUT2D eigenvalue weighted by molar-refractivity contribution is -0.151. The molecule has 1 aromatic heterocycles. The Morgan fingerprint density at radius 1 is 1.43 bits per heavy atom. The van der Waals surface area contributed by atoms with Gasteiger partial charge in [0, 0.05) is 13.7 Å². The van der Waals surface area contributed by atoms with Gasteiger partial charge in [0.05, 0.1) is 17.6 Å². The predicted octanol–water partition coefficient (Wildman–Crippen LogP) is 2.05. The molecule has 0 radical (unpaired) electrons. The van der Waals surface area contributed by atoms with Crippen LogP contribution < -0.4 is 5.32 Å². The number of esters is 1. The molecule has 0 bridgehead atoms. The van der Waals surface area contributed by atoms with E-state index in [4.69, 9.17) is 9.47 Å². The van der Waals surface area contributed by atoms with Crippen molar-refractivity contribution in [2.24, 2.45) is 0 Å². The van der Waals surface area contributed by atoms with Crippen molar-refractivity contribution in [3.8, 4) is 0 Å². The van der Waals surface area contributed by atoms with Crippen molar-refractivity contribution < 1.29 is 14.3 Å². The Hall–Kier alpha value is -2.08. The average molecular weight is 291 g/mol. The minimum absolute atomic E-state index is 0.122. The summed E-state index contributed by atoms with van der Waals surface area (Å²) in [7, 11) is 1.58. The Morgan fingerprint density at radius 3 is 2.90 bits per heavy atom. The minimum Gasteiger partial charge on any atom is -0.459 e. The highest BCUT2D eigenvalue weighted by molar-refractivity contribution is 5.81. The van der Waals surface area contributed by atoms with Gasteiger partial charge in [-0.2, -0.15) is 0 Å². The molecule has 0 amide bonds. The van der Waals surface area contributed by atoms with Crippen molar-refractivity contribution in [2.45, 2.75) is 26.5 Å². The summed E-state index contributed by atoms with van der Waals surface area (Å²) < 4.78 is 12.1. The number of imidazole rings is 1. The summed E-state index contributed by atoms with van der Waals surface area (Å²) in [6.45, 7) is 5.03. The SMILES string of the molecule is CCNc1nc2ccccc2n1CC(=O)OC(C)COC. The Kier molecular flexibility index (Phi) is 5.16. The van der Waals surface area contributed by atoms with Crippen molar-refractivity contribution in [3.63, 3.8) is 0 Å². The zero-order valence-electron chi connectivity index (χ0n) is 12.6. The molecule has 1 heterocycles. The molecule has 0 aliphatic carbocycles. The second-order valence-corrected chi connectivity index (χ2v) is 4.80. The van der Waals surface area contributed by atoms with Gasteiger partial charge in [0.2, 0.25) is 5.95 Å². The van der Waals surface area contributed by atoms with E-state index in [0.717, 1.165) is 17.6 Å². The number of methoxy groups -OCH3 is 1. The largest absolute Gasteiger partial charge is 0.459 e. The molecule has 0 saturated heterocycles. The number of nitrogens with zero attached hydrogens (tertiary/aromatic N) is 2. The number of hydrogen-bond acceptors (Lipinski definition) is 5. The second-order valence-electron chi connectivity index (χ2n) is 4.80. The van der Waals surface area contributed by atoms with E-state index in [9.17, 15) is 4.79 Å². The maximum Gasteiger partial charge on any atom is 0.326 e. The molecule has 114 valence electrons. The van der Waals surface area contributed by atoms with E-state index in [0.29, 0.717) is 12.6 Å². The fourth-order valence-electron chi connectivity index (χ4n) is 2.19. The van der Waals surface area contributed by atoms with E-state index in [2.05, 4.69) is 10.3 Å². The maximum atomic E-state index is 12.0. The van der Waals surface area contributed by atoms with Gasteiger partial charge in [-0.3, -0.25) is 9.36 Å². The normalized spacial score (nSPS) is 12.3. The number of benzene rings is 1. The van der Waals surface area contributed by atoms with Crippen molar-refractivity contribution in [1.82, 2.24) is 9.55 Å². The second kappa shape index (κ2) is 7.08. The average Bonchev–Trinajstić information content (AvgIpc) is 2.77. The van der Waals surface area contributed by atoms with E-state index < -0.39 is 0 Å². The van der Waals surface area contributed by atoms with Crippen LogP contribution in [-0.2, 0) is 20.8 Å². The van der Waals surface area contributed by atoms with Gasteiger partial charge in [-0.25, -0.2) is 4.98 Å². The van der Waals surface area contributed by atoms with Crippen LogP contribution in [0.1, 0.15) is 13.8 Å². The number of carbonyl (C=O) groups is 1. The van der Waals surface area contributed by atoms with Crippen LogP contribution in [0.25, 0.3) is 11.0 Å². The number of aromatic nitrogens is 2. The number of carbonyl (C=O) groups excluding carboxylic acids is 1. The molecule has 1 N–H and O–H groups in total. The fourth-order valence-corrected chi connectivity index (χ4v) is 2.19. The van der Waals surface area contributed by atoms with E-state index >= 15 is 0 Å².